The number of H-pyrrole nitrogens is 1. The topological polar surface area (TPSA) is 55.0 Å². The van der Waals surface area contributed by atoms with E-state index in [0.29, 0.717) is 5.57 Å². The second-order valence-corrected chi connectivity index (χ2v) is 5.27. The molecule has 4 nitrogen and oxygen atoms in total. The zero-order valence-corrected chi connectivity index (χ0v) is 11.1. The van der Waals surface area contributed by atoms with Crippen LogP contribution in [0, 0.1) is 0 Å². The molecule has 0 aliphatic heterocycles. The van der Waals surface area contributed by atoms with Gasteiger partial charge in [0.2, 0.25) is 0 Å². The van der Waals surface area contributed by atoms with E-state index in [-0.39, 0.29) is 17.5 Å². The lowest BCUT2D eigenvalue weighted by atomic mass is 9.96. The van der Waals surface area contributed by atoms with E-state index in [1.54, 1.807) is 20.0 Å². The van der Waals surface area contributed by atoms with Crippen molar-refractivity contribution in [3.05, 3.63) is 29.9 Å². The van der Waals surface area contributed by atoms with Crippen LogP contribution >= 0.6 is 0 Å². The third-order valence-electron chi connectivity index (χ3n) is 2.38. The van der Waals surface area contributed by atoms with Crippen LogP contribution in [0.5, 0.6) is 0 Å². The molecule has 0 amide bonds. The molecule has 0 aromatic carbocycles. The summed E-state index contributed by atoms with van der Waals surface area (Å²) in [6.07, 6.45) is 1.36. The number of rotatable bonds is 3. The largest absolute Gasteiger partial charge is 0.453 e. The van der Waals surface area contributed by atoms with Crippen molar-refractivity contribution in [3.8, 4) is 0 Å². The Kier molecular flexibility index (Phi) is 3.76. The summed E-state index contributed by atoms with van der Waals surface area (Å²) in [5, 5.41) is 0. The predicted molar refractivity (Wildman–Crippen MR) is 66.6 cm³/mol. The molecule has 4 heteroatoms. The minimum Gasteiger partial charge on any atom is -0.453 e. The molecule has 1 heterocycles. The van der Waals surface area contributed by atoms with Crippen molar-refractivity contribution in [1.82, 2.24) is 9.97 Å². The number of carbonyl (C=O) groups excluding carboxylic acids is 1. The van der Waals surface area contributed by atoms with Crippen molar-refractivity contribution in [2.45, 2.75) is 46.1 Å². The molecule has 0 radical (unpaired) electrons. The SMILES string of the molecule is C=C(C)C(=O)OC(C)c1cnc(C(C)(C)C)[nH]1. The highest BCUT2D eigenvalue weighted by Gasteiger charge is 2.20. The Morgan fingerprint density at radius 1 is 1.53 bits per heavy atom. The first-order valence-electron chi connectivity index (χ1n) is 5.63. The fourth-order valence-corrected chi connectivity index (χ4v) is 1.25. The van der Waals surface area contributed by atoms with Gasteiger partial charge in [-0.2, -0.15) is 0 Å². The fraction of sp³-hybridized carbons (Fsp3) is 0.538. The van der Waals surface area contributed by atoms with E-state index in [4.69, 9.17) is 4.74 Å². The van der Waals surface area contributed by atoms with Crippen molar-refractivity contribution in [2.24, 2.45) is 0 Å². The van der Waals surface area contributed by atoms with Crippen molar-refractivity contribution >= 4 is 5.97 Å². The Balaban J connectivity index is 2.77. The van der Waals surface area contributed by atoms with Crippen LogP contribution in [0.25, 0.3) is 0 Å². The van der Waals surface area contributed by atoms with E-state index < -0.39 is 0 Å². The molecule has 0 saturated carbocycles. The van der Waals surface area contributed by atoms with Gasteiger partial charge in [0.1, 0.15) is 11.9 Å². The van der Waals surface area contributed by atoms with Crippen molar-refractivity contribution in [2.75, 3.05) is 0 Å². The second-order valence-electron chi connectivity index (χ2n) is 5.27. The highest BCUT2D eigenvalue weighted by atomic mass is 16.5. The Labute approximate surface area is 102 Å². The second kappa shape index (κ2) is 4.73. The molecule has 1 rings (SSSR count). The summed E-state index contributed by atoms with van der Waals surface area (Å²) >= 11 is 0. The standard InChI is InChI=1S/C13H20N2O2/c1-8(2)11(16)17-9(3)10-7-14-12(15-10)13(4,5)6/h7,9H,1H2,2-6H3,(H,14,15). The third kappa shape index (κ3) is 3.44. The molecule has 17 heavy (non-hydrogen) atoms. The van der Waals surface area contributed by atoms with Crippen LogP contribution in [-0.4, -0.2) is 15.9 Å². The van der Waals surface area contributed by atoms with Gasteiger partial charge in [0.25, 0.3) is 0 Å². The summed E-state index contributed by atoms with van der Waals surface area (Å²) in [5.41, 5.74) is 1.15. The zero-order chi connectivity index (χ0) is 13.2. The highest BCUT2D eigenvalue weighted by Crippen LogP contribution is 2.22. The molecule has 1 aromatic heterocycles. The van der Waals surface area contributed by atoms with Gasteiger partial charge in [-0.25, -0.2) is 9.78 Å². The molecule has 1 N–H and O–H groups in total. The Hall–Kier alpha value is -1.58. The monoisotopic (exact) mass is 236 g/mol. The van der Waals surface area contributed by atoms with Crippen LogP contribution < -0.4 is 0 Å². The van der Waals surface area contributed by atoms with Crippen LogP contribution in [-0.2, 0) is 14.9 Å². The highest BCUT2D eigenvalue weighted by molar-refractivity contribution is 5.87. The zero-order valence-electron chi connectivity index (χ0n) is 11.1. The van der Waals surface area contributed by atoms with E-state index in [1.807, 2.05) is 0 Å². The predicted octanol–water partition coefficient (Wildman–Crippen LogP) is 2.89. The van der Waals surface area contributed by atoms with Gasteiger partial charge in [-0.1, -0.05) is 27.4 Å². The summed E-state index contributed by atoms with van der Waals surface area (Å²) in [6, 6.07) is 0. The lowest BCUT2D eigenvalue weighted by Crippen LogP contribution is -2.14. The average Bonchev–Trinajstić information content (AvgIpc) is 2.65. The first-order chi connectivity index (χ1) is 7.71. The first-order valence-corrected chi connectivity index (χ1v) is 5.63. The first kappa shape index (κ1) is 13.5. The maximum Gasteiger partial charge on any atom is 0.333 e. The summed E-state index contributed by atoms with van der Waals surface area (Å²) in [6.45, 7) is 13.2. The van der Waals surface area contributed by atoms with Crippen LogP contribution in [0.3, 0.4) is 0 Å². The van der Waals surface area contributed by atoms with Gasteiger partial charge >= 0.3 is 5.97 Å². The minimum atomic E-state index is -0.385. The summed E-state index contributed by atoms with van der Waals surface area (Å²) < 4.78 is 5.21. The average molecular weight is 236 g/mol. The molecule has 0 bridgehead atoms. The lowest BCUT2D eigenvalue weighted by molar-refractivity contribution is -0.143. The van der Waals surface area contributed by atoms with Gasteiger partial charge < -0.3 is 9.72 Å². The van der Waals surface area contributed by atoms with Crippen molar-refractivity contribution in [1.29, 1.82) is 0 Å². The van der Waals surface area contributed by atoms with E-state index in [1.165, 1.54) is 0 Å². The summed E-state index contributed by atoms with van der Waals surface area (Å²) in [5.74, 6) is 0.495. The molecular formula is C13H20N2O2. The normalized spacial score (nSPS) is 13.2. The molecule has 0 spiro atoms. The number of aromatic amines is 1. The van der Waals surface area contributed by atoms with Gasteiger partial charge in [-0.15, -0.1) is 0 Å². The molecule has 1 aromatic rings. The number of esters is 1. The van der Waals surface area contributed by atoms with Crippen LogP contribution in [0.15, 0.2) is 18.3 Å². The number of nitrogens with zero attached hydrogens (tertiary/aromatic N) is 1. The van der Waals surface area contributed by atoms with Crippen LogP contribution in [0.1, 0.15) is 52.2 Å². The quantitative estimate of drug-likeness (QED) is 0.648. The van der Waals surface area contributed by atoms with Crippen molar-refractivity contribution in [3.63, 3.8) is 0 Å². The van der Waals surface area contributed by atoms with E-state index in [9.17, 15) is 4.79 Å². The molecule has 1 atom stereocenters. The fourth-order valence-electron chi connectivity index (χ4n) is 1.25. The summed E-state index contributed by atoms with van der Waals surface area (Å²) in [4.78, 5) is 18.8. The molecule has 0 saturated heterocycles. The van der Waals surface area contributed by atoms with Crippen LogP contribution in [0.2, 0.25) is 0 Å². The number of hydrogen-bond donors (Lipinski definition) is 1. The van der Waals surface area contributed by atoms with E-state index >= 15 is 0 Å². The van der Waals surface area contributed by atoms with Gasteiger partial charge in [0, 0.05) is 11.0 Å². The number of ether oxygens (including phenoxy) is 1. The molecule has 0 aliphatic carbocycles. The van der Waals surface area contributed by atoms with E-state index in [0.717, 1.165) is 11.5 Å². The maximum atomic E-state index is 11.4. The molecule has 1 unspecified atom stereocenters. The number of carbonyl (C=O) groups is 1. The lowest BCUT2D eigenvalue weighted by Gasteiger charge is -2.15. The van der Waals surface area contributed by atoms with Gasteiger partial charge in [-0.3, -0.25) is 0 Å². The van der Waals surface area contributed by atoms with Crippen molar-refractivity contribution < 1.29 is 9.53 Å². The maximum absolute atomic E-state index is 11.4. The van der Waals surface area contributed by atoms with E-state index in [2.05, 4.69) is 37.3 Å². The summed E-state index contributed by atoms with van der Waals surface area (Å²) in [7, 11) is 0. The van der Waals surface area contributed by atoms with Gasteiger partial charge in [0.15, 0.2) is 0 Å². The smallest absolute Gasteiger partial charge is 0.333 e. The Morgan fingerprint density at radius 3 is 2.53 bits per heavy atom. The number of hydrogen-bond acceptors (Lipinski definition) is 3. The molecular weight excluding hydrogens is 216 g/mol. The number of imidazole rings is 1. The van der Waals surface area contributed by atoms with Crippen LogP contribution in [0.4, 0.5) is 0 Å². The Morgan fingerprint density at radius 2 is 2.12 bits per heavy atom. The molecule has 0 fully saturated rings. The number of aromatic nitrogens is 2. The molecule has 0 aliphatic rings. The van der Waals surface area contributed by atoms with Gasteiger partial charge in [-0.05, 0) is 13.8 Å². The number of nitrogens with one attached hydrogen (secondary N) is 1. The third-order valence-corrected chi connectivity index (χ3v) is 2.38. The minimum absolute atomic E-state index is 0.0453. The molecule has 94 valence electrons. The Bertz CT molecular complexity index is 427. The van der Waals surface area contributed by atoms with Gasteiger partial charge in [0.05, 0.1) is 11.9 Å².